The van der Waals surface area contributed by atoms with Gasteiger partial charge in [0.2, 0.25) is 0 Å². The van der Waals surface area contributed by atoms with Gasteiger partial charge in [0.25, 0.3) is 5.91 Å². The summed E-state index contributed by atoms with van der Waals surface area (Å²) in [7, 11) is 1.90. The Bertz CT molecular complexity index is 1010. The molecule has 1 aliphatic rings. The van der Waals surface area contributed by atoms with Gasteiger partial charge in [0.1, 0.15) is 11.6 Å². The number of anilines is 2. The Balaban J connectivity index is 1.72. The lowest BCUT2D eigenvalue weighted by Gasteiger charge is -2.27. The molecule has 1 aliphatic heterocycles. The number of rotatable bonds is 3. The number of fused-ring (bicyclic) bond motifs is 1. The summed E-state index contributed by atoms with van der Waals surface area (Å²) in [5, 5.41) is 3.98. The molecule has 0 spiro atoms. The molecule has 27 heavy (non-hydrogen) atoms. The zero-order valence-corrected chi connectivity index (χ0v) is 15.3. The molecule has 3 heterocycles. The van der Waals surface area contributed by atoms with Gasteiger partial charge in [-0.2, -0.15) is 0 Å². The van der Waals surface area contributed by atoms with Gasteiger partial charge in [-0.3, -0.25) is 4.79 Å². The molecular formula is C20H21FN4O2. The van der Waals surface area contributed by atoms with Gasteiger partial charge in [0.15, 0.2) is 0 Å². The van der Waals surface area contributed by atoms with Gasteiger partial charge in [0, 0.05) is 43.6 Å². The van der Waals surface area contributed by atoms with Crippen LogP contribution in [0.2, 0.25) is 0 Å². The first kappa shape index (κ1) is 17.5. The average Bonchev–Trinajstić information content (AvgIpc) is 3.08. The maximum absolute atomic E-state index is 13.9. The predicted molar refractivity (Wildman–Crippen MR) is 102 cm³/mol. The fourth-order valence-electron chi connectivity index (χ4n) is 3.32. The molecule has 0 unspecified atom stereocenters. The van der Waals surface area contributed by atoms with Crippen LogP contribution in [0.25, 0.3) is 10.9 Å². The standard InChI is InChI=1S/C20H21FN4O2/c1-13-3-4-14(11-17(13)21)23-19-15-5-6-24(2)18(15)16(12-22-19)20(26)25-7-9-27-10-8-25/h3-6,11-12H,7-10H2,1-2H3,(H,22,23). The van der Waals surface area contributed by atoms with Crippen LogP contribution in [-0.4, -0.2) is 46.7 Å². The van der Waals surface area contributed by atoms with E-state index in [1.807, 2.05) is 29.9 Å². The highest BCUT2D eigenvalue weighted by molar-refractivity contribution is 6.08. The van der Waals surface area contributed by atoms with E-state index in [2.05, 4.69) is 10.3 Å². The zero-order valence-electron chi connectivity index (χ0n) is 15.3. The molecule has 7 heteroatoms. The molecule has 1 fully saturated rings. The Kier molecular flexibility index (Phi) is 4.53. The minimum Gasteiger partial charge on any atom is -0.378 e. The van der Waals surface area contributed by atoms with E-state index in [1.165, 1.54) is 6.07 Å². The van der Waals surface area contributed by atoms with Crippen molar-refractivity contribution >= 4 is 28.3 Å². The monoisotopic (exact) mass is 368 g/mol. The third-order valence-electron chi connectivity index (χ3n) is 4.87. The minimum atomic E-state index is -0.275. The van der Waals surface area contributed by atoms with Crippen molar-refractivity contribution in [1.29, 1.82) is 0 Å². The number of carbonyl (C=O) groups excluding carboxylic acids is 1. The number of hydrogen-bond acceptors (Lipinski definition) is 4. The Labute approximate surface area is 156 Å². The molecule has 1 aromatic carbocycles. The molecule has 0 aliphatic carbocycles. The molecule has 0 bridgehead atoms. The van der Waals surface area contributed by atoms with E-state index in [0.29, 0.717) is 48.9 Å². The molecule has 1 N–H and O–H groups in total. The summed E-state index contributed by atoms with van der Waals surface area (Å²) in [6.07, 6.45) is 3.48. The summed E-state index contributed by atoms with van der Waals surface area (Å²) in [4.78, 5) is 19.2. The van der Waals surface area contributed by atoms with Crippen LogP contribution < -0.4 is 5.32 Å². The summed E-state index contributed by atoms with van der Waals surface area (Å²) in [6.45, 7) is 3.97. The van der Waals surface area contributed by atoms with Crippen molar-refractivity contribution in [3.05, 3.63) is 53.6 Å². The molecule has 0 atom stereocenters. The summed E-state index contributed by atoms with van der Waals surface area (Å²) in [5.41, 5.74) is 2.56. The van der Waals surface area contributed by atoms with E-state index in [1.54, 1.807) is 24.1 Å². The van der Waals surface area contributed by atoms with Crippen LogP contribution in [0.4, 0.5) is 15.9 Å². The molecule has 1 saturated heterocycles. The van der Waals surface area contributed by atoms with E-state index < -0.39 is 0 Å². The quantitative estimate of drug-likeness (QED) is 0.771. The second-order valence-electron chi connectivity index (χ2n) is 6.70. The Morgan fingerprint density at radius 2 is 2.04 bits per heavy atom. The van der Waals surface area contributed by atoms with Crippen molar-refractivity contribution in [2.24, 2.45) is 7.05 Å². The summed E-state index contributed by atoms with van der Waals surface area (Å²) in [6, 6.07) is 6.88. The highest BCUT2D eigenvalue weighted by Gasteiger charge is 2.23. The maximum atomic E-state index is 13.9. The van der Waals surface area contributed by atoms with Crippen molar-refractivity contribution in [3.63, 3.8) is 0 Å². The number of nitrogens with zero attached hydrogens (tertiary/aromatic N) is 3. The lowest BCUT2D eigenvalue weighted by Crippen LogP contribution is -2.40. The Morgan fingerprint density at radius 1 is 1.26 bits per heavy atom. The summed E-state index contributed by atoms with van der Waals surface area (Å²) >= 11 is 0. The van der Waals surface area contributed by atoms with Crippen LogP contribution in [0.15, 0.2) is 36.7 Å². The van der Waals surface area contributed by atoms with Gasteiger partial charge in [-0.1, -0.05) is 6.07 Å². The number of amides is 1. The molecule has 6 nitrogen and oxygen atoms in total. The number of carbonyl (C=O) groups is 1. The van der Waals surface area contributed by atoms with Crippen molar-refractivity contribution in [2.75, 3.05) is 31.6 Å². The second-order valence-corrected chi connectivity index (χ2v) is 6.70. The minimum absolute atomic E-state index is 0.0504. The lowest BCUT2D eigenvalue weighted by molar-refractivity contribution is 0.0303. The Morgan fingerprint density at radius 3 is 2.78 bits per heavy atom. The molecule has 140 valence electrons. The number of aryl methyl sites for hydroxylation is 2. The number of morpholine rings is 1. The van der Waals surface area contributed by atoms with E-state index in [0.717, 1.165) is 10.9 Å². The molecule has 3 aromatic rings. The molecule has 2 aromatic heterocycles. The fraction of sp³-hybridized carbons (Fsp3) is 0.300. The predicted octanol–water partition coefficient (Wildman–Crippen LogP) is 3.24. The number of benzene rings is 1. The highest BCUT2D eigenvalue weighted by atomic mass is 19.1. The third-order valence-corrected chi connectivity index (χ3v) is 4.87. The van der Waals surface area contributed by atoms with Crippen molar-refractivity contribution in [3.8, 4) is 0 Å². The van der Waals surface area contributed by atoms with Crippen molar-refractivity contribution < 1.29 is 13.9 Å². The van der Waals surface area contributed by atoms with E-state index in [4.69, 9.17) is 4.74 Å². The van der Waals surface area contributed by atoms with Crippen LogP contribution in [-0.2, 0) is 11.8 Å². The van der Waals surface area contributed by atoms with Gasteiger partial charge in [-0.05, 0) is 30.7 Å². The third kappa shape index (κ3) is 3.26. The Hall–Kier alpha value is -2.93. The smallest absolute Gasteiger partial charge is 0.257 e. The number of ether oxygens (including phenoxy) is 1. The van der Waals surface area contributed by atoms with Gasteiger partial charge in [-0.15, -0.1) is 0 Å². The van der Waals surface area contributed by atoms with Crippen LogP contribution in [0.5, 0.6) is 0 Å². The SMILES string of the molecule is Cc1ccc(Nc2ncc(C(=O)N3CCOCC3)c3c2ccn3C)cc1F. The first-order valence-corrected chi connectivity index (χ1v) is 8.89. The van der Waals surface area contributed by atoms with Crippen molar-refractivity contribution in [2.45, 2.75) is 6.92 Å². The van der Waals surface area contributed by atoms with E-state index >= 15 is 0 Å². The van der Waals surface area contributed by atoms with E-state index in [-0.39, 0.29) is 11.7 Å². The first-order valence-electron chi connectivity index (χ1n) is 8.89. The van der Waals surface area contributed by atoms with Crippen LogP contribution >= 0.6 is 0 Å². The zero-order chi connectivity index (χ0) is 19.0. The molecule has 1 amide bonds. The van der Waals surface area contributed by atoms with Crippen molar-refractivity contribution in [1.82, 2.24) is 14.5 Å². The maximum Gasteiger partial charge on any atom is 0.257 e. The molecular weight excluding hydrogens is 347 g/mol. The van der Waals surface area contributed by atoms with Gasteiger partial charge in [0.05, 0.1) is 24.3 Å². The number of halogens is 1. The number of nitrogens with one attached hydrogen (secondary N) is 1. The molecule has 4 rings (SSSR count). The normalized spacial score (nSPS) is 14.6. The van der Waals surface area contributed by atoms with Crippen LogP contribution in [0, 0.1) is 12.7 Å². The van der Waals surface area contributed by atoms with Crippen LogP contribution in [0.3, 0.4) is 0 Å². The second kappa shape index (κ2) is 7.00. The first-order chi connectivity index (χ1) is 13.0. The molecule has 0 saturated carbocycles. The highest BCUT2D eigenvalue weighted by Crippen LogP contribution is 2.29. The molecule has 0 radical (unpaired) electrons. The lowest BCUT2D eigenvalue weighted by atomic mass is 10.1. The fourth-order valence-corrected chi connectivity index (χ4v) is 3.32. The largest absolute Gasteiger partial charge is 0.378 e. The summed E-state index contributed by atoms with van der Waals surface area (Å²) < 4.78 is 21.1. The topological polar surface area (TPSA) is 59.4 Å². The van der Waals surface area contributed by atoms with Crippen LogP contribution in [0.1, 0.15) is 15.9 Å². The van der Waals surface area contributed by atoms with Gasteiger partial charge in [-0.25, -0.2) is 9.37 Å². The summed E-state index contributed by atoms with van der Waals surface area (Å²) in [5.74, 6) is 0.265. The number of aromatic nitrogens is 2. The average molecular weight is 368 g/mol. The van der Waals surface area contributed by atoms with Gasteiger partial charge >= 0.3 is 0 Å². The van der Waals surface area contributed by atoms with E-state index in [9.17, 15) is 9.18 Å². The number of pyridine rings is 1. The number of hydrogen-bond donors (Lipinski definition) is 1. The van der Waals surface area contributed by atoms with Gasteiger partial charge < -0.3 is 19.5 Å².